The number of benzene rings is 2. The van der Waals surface area contributed by atoms with Crippen LogP contribution in [0, 0.1) is 6.92 Å². The monoisotopic (exact) mass is 294 g/mol. The maximum Gasteiger partial charge on any atom is 0.248 e. The van der Waals surface area contributed by atoms with Crippen LogP contribution in [0.3, 0.4) is 0 Å². The molecule has 22 heavy (non-hydrogen) atoms. The van der Waals surface area contributed by atoms with Gasteiger partial charge in [-0.05, 0) is 44.2 Å². The third kappa shape index (κ3) is 2.65. The lowest BCUT2D eigenvalue weighted by Crippen LogP contribution is -2.24. The molecule has 1 amide bonds. The number of aryl methyl sites for hydroxylation is 1. The minimum absolute atomic E-state index is 0.115. The van der Waals surface area contributed by atoms with Crippen molar-refractivity contribution in [2.45, 2.75) is 19.9 Å². The molecule has 1 unspecified atom stereocenters. The predicted molar refractivity (Wildman–Crippen MR) is 88.7 cm³/mol. The molecule has 0 fully saturated rings. The molecule has 1 aromatic heterocycles. The van der Waals surface area contributed by atoms with E-state index in [2.05, 4.69) is 10.4 Å². The third-order valence-electron chi connectivity index (χ3n) is 3.69. The average Bonchev–Trinajstić information content (AvgIpc) is 2.91. The van der Waals surface area contributed by atoms with Gasteiger partial charge in [-0.25, -0.2) is 0 Å². The van der Waals surface area contributed by atoms with Crippen LogP contribution in [0.2, 0.25) is 0 Å². The van der Waals surface area contributed by atoms with Gasteiger partial charge in [0.25, 0.3) is 0 Å². The van der Waals surface area contributed by atoms with Gasteiger partial charge in [-0.2, -0.15) is 5.10 Å². The van der Waals surface area contributed by atoms with Gasteiger partial charge in [0, 0.05) is 16.8 Å². The molecular weight excluding hydrogens is 276 g/mol. The van der Waals surface area contributed by atoms with E-state index in [1.165, 1.54) is 0 Å². The number of amides is 1. The molecule has 0 aliphatic heterocycles. The number of hydrogen-bond donors (Lipinski definition) is 2. The second-order valence-corrected chi connectivity index (χ2v) is 5.44. The molecule has 0 saturated carbocycles. The largest absolute Gasteiger partial charge is 0.399 e. The molecule has 0 spiro atoms. The SMILES string of the molecule is Cc1ccc(NC(=O)C(C)n2ncc3ccc(N)cc32)cc1. The Hall–Kier alpha value is -2.82. The van der Waals surface area contributed by atoms with E-state index < -0.39 is 6.04 Å². The maximum atomic E-state index is 12.4. The van der Waals surface area contributed by atoms with Crippen molar-refractivity contribution in [2.24, 2.45) is 0 Å². The van der Waals surface area contributed by atoms with E-state index in [-0.39, 0.29) is 5.91 Å². The van der Waals surface area contributed by atoms with Crippen LogP contribution in [0.25, 0.3) is 10.9 Å². The number of nitrogens with one attached hydrogen (secondary N) is 1. The molecule has 5 heteroatoms. The first-order chi connectivity index (χ1) is 10.5. The van der Waals surface area contributed by atoms with E-state index in [1.54, 1.807) is 10.9 Å². The van der Waals surface area contributed by atoms with Crippen molar-refractivity contribution in [1.82, 2.24) is 9.78 Å². The topological polar surface area (TPSA) is 72.9 Å². The molecule has 112 valence electrons. The highest BCUT2D eigenvalue weighted by Crippen LogP contribution is 2.21. The van der Waals surface area contributed by atoms with E-state index >= 15 is 0 Å². The number of hydrogen-bond acceptors (Lipinski definition) is 3. The zero-order chi connectivity index (χ0) is 15.7. The summed E-state index contributed by atoms with van der Waals surface area (Å²) in [5, 5.41) is 8.18. The molecule has 0 bridgehead atoms. The number of nitrogens with zero attached hydrogens (tertiary/aromatic N) is 2. The van der Waals surface area contributed by atoms with Gasteiger partial charge in [0.2, 0.25) is 5.91 Å². The van der Waals surface area contributed by atoms with Crippen molar-refractivity contribution in [3.8, 4) is 0 Å². The zero-order valence-electron chi connectivity index (χ0n) is 12.6. The normalized spacial score (nSPS) is 12.3. The zero-order valence-corrected chi connectivity index (χ0v) is 12.6. The van der Waals surface area contributed by atoms with Crippen LogP contribution in [0.15, 0.2) is 48.7 Å². The van der Waals surface area contributed by atoms with E-state index in [4.69, 9.17) is 5.73 Å². The van der Waals surface area contributed by atoms with Gasteiger partial charge in [-0.3, -0.25) is 9.48 Å². The Labute approximate surface area is 128 Å². The highest BCUT2D eigenvalue weighted by Gasteiger charge is 2.18. The standard InChI is InChI=1S/C17H18N4O/c1-11-3-7-15(8-4-11)20-17(22)12(2)21-16-9-14(18)6-5-13(16)10-19-21/h3-10,12H,18H2,1-2H3,(H,20,22). The lowest BCUT2D eigenvalue weighted by Gasteiger charge is -2.14. The van der Waals surface area contributed by atoms with E-state index in [0.717, 1.165) is 22.2 Å². The van der Waals surface area contributed by atoms with Gasteiger partial charge in [0.15, 0.2) is 0 Å². The Kier molecular flexibility index (Phi) is 3.55. The minimum atomic E-state index is -0.430. The highest BCUT2D eigenvalue weighted by atomic mass is 16.2. The van der Waals surface area contributed by atoms with Crippen LogP contribution in [0.1, 0.15) is 18.5 Å². The minimum Gasteiger partial charge on any atom is -0.399 e. The average molecular weight is 294 g/mol. The molecule has 1 heterocycles. The first kappa shape index (κ1) is 14.1. The molecule has 3 rings (SSSR count). The van der Waals surface area contributed by atoms with Crippen molar-refractivity contribution in [1.29, 1.82) is 0 Å². The molecular formula is C17H18N4O. The second kappa shape index (κ2) is 5.52. The van der Waals surface area contributed by atoms with Crippen LogP contribution in [0.5, 0.6) is 0 Å². The quantitative estimate of drug-likeness (QED) is 0.729. The Bertz CT molecular complexity index is 820. The summed E-state index contributed by atoms with van der Waals surface area (Å²) in [7, 11) is 0. The number of fused-ring (bicyclic) bond motifs is 1. The molecule has 1 atom stereocenters. The van der Waals surface area contributed by atoms with E-state index in [1.807, 2.05) is 56.3 Å². The Morgan fingerprint density at radius 2 is 1.95 bits per heavy atom. The molecule has 3 aromatic rings. The van der Waals surface area contributed by atoms with Crippen LogP contribution < -0.4 is 11.1 Å². The third-order valence-corrected chi connectivity index (χ3v) is 3.69. The molecule has 0 aliphatic carbocycles. The summed E-state index contributed by atoms with van der Waals surface area (Å²) in [5.41, 5.74) is 9.26. The molecule has 0 radical (unpaired) electrons. The van der Waals surface area contributed by atoms with Crippen molar-refractivity contribution < 1.29 is 4.79 Å². The number of aromatic nitrogens is 2. The summed E-state index contributed by atoms with van der Waals surface area (Å²) < 4.78 is 1.69. The van der Waals surface area contributed by atoms with E-state index in [9.17, 15) is 4.79 Å². The maximum absolute atomic E-state index is 12.4. The van der Waals surface area contributed by atoms with Crippen LogP contribution in [-0.2, 0) is 4.79 Å². The first-order valence-electron chi connectivity index (χ1n) is 7.15. The fraction of sp³-hybridized carbons (Fsp3) is 0.176. The summed E-state index contributed by atoms with van der Waals surface area (Å²) >= 11 is 0. The van der Waals surface area contributed by atoms with Crippen LogP contribution in [0.4, 0.5) is 11.4 Å². The fourth-order valence-electron chi connectivity index (χ4n) is 2.36. The smallest absolute Gasteiger partial charge is 0.248 e. The van der Waals surface area contributed by atoms with Crippen molar-refractivity contribution >= 4 is 28.2 Å². The lowest BCUT2D eigenvalue weighted by molar-refractivity contribution is -0.118. The summed E-state index contributed by atoms with van der Waals surface area (Å²) in [6.07, 6.45) is 1.74. The molecule has 3 N–H and O–H groups in total. The number of anilines is 2. The van der Waals surface area contributed by atoms with Gasteiger partial charge >= 0.3 is 0 Å². The summed E-state index contributed by atoms with van der Waals surface area (Å²) in [6, 6.07) is 12.8. The van der Waals surface area contributed by atoms with Gasteiger partial charge in [-0.1, -0.05) is 17.7 Å². The number of carbonyl (C=O) groups excluding carboxylic acids is 1. The first-order valence-corrected chi connectivity index (χ1v) is 7.15. The fourth-order valence-corrected chi connectivity index (χ4v) is 2.36. The van der Waals surface area contributed by atoms with Crippen LogP contribution in [-0.4, -0.2) is 15.7 Å². The number of rotatable bonds is 3. The number of nitrogen functional groups attached to an aromatic ring is 1. The predicted octanol–water partition coefficient (Wildman–Crippen LogP) is 3.13. The van der Waals surface area contributed by atoms with Gasteiger partial charge in [0.1, 0.15) is 6.04 Å². The van der Waals surface area contributed by atoms with Gasteiger partial charge in [-0.15, -0.1) is 0 Å². The van der Waals surface area contributed by atoms with Crippen molar-refractivity contribution in [3.63, 3.8) is 0 Å². The summed E-state index contributed by atoms with van der Waals surface area (Å²) in [5.74, 6) is -0.115. The molecule has 0 saturated heterocycles. The molecule has 0 aliphatic rings. The number of carbonyl (C=O) groups is 1. The lowest BCUT2D eigenvalue weighted by atomic mass is 10.2. The highest BCUT2D eigenvalue weighted by molar-refractivity contribution is 5.94. The summed E-state index contributed by atoms with van der Waals surface area (Å²) in [4.78, 5) is 12.4. The van der Waals surface area contributed by atoms with Gasteiger partial charge in [0.05, 0.1) is 11.7 Å². The summed E-state index contributed by atoms with van der Waals surface area (Å²) in [6.45, 7) is 3.83. The Morgan fingerprint density at radius 1 is 1.23 bits per heavy atom. The number of nitrogens with two attached hydrogens (primary N) is 1. The van der Waals surface area contributed by atoms with E-state index in [0.29, 0.717) is 5.69 Å². The Morgan fingerprint density at radius 3 is 2.68 bits per heavy atom. The van der Waals surface area contributed by atoms with Crippen molar-refractivity contribution in [3.05, 3.63) is 54.2 Å². The molecule has 5 nitrogen and oxygen atoms in total. The van der Waals surface area contributed by atoms with Crippen LogP contribution >= 0.6 is 0 Å². The molecule has 2 aromatic carbocycles. The second-order valence-electron chi connectivity index (χ2n) is 5.44. The van der Waals surface area contributed by atoms with Gasteiger partial charge < -0.3 is 11.1 Å². The van der Waals surface area contributed by atoms with Crippen molar-refractivity contribution in [2.75, 3.05) is 11.1 Å². The Balaban J connectivity index is 1.85.